The molecule has 0 unspecified atom stereocenters. The number of carbonyl (C=O) groups is 2. The van der Waals surface area contributed by atoms with Crippen molar-refractivity contribution in [3.05, 3.63) is 36.0 Å². The van der Waals surface area contributed by atoms with Gasteiger partial charge in [-0.1, -0.05) is 49.5 Å². The molecule has 3 saturated heterocycles. The van der Waals surface area contributed by atoms with Crippen molar-refractivity contribution in [2.24, 2.45) is 17.8 Å². The second-order valence-corrected chi connectivity index (χ2v) is 14.3. The molecule has 2 N–H and O–H groups in total. The predicted molar refractivity (Wildman–Crippen MR) is 172 cm³/mol. The summed E-state index contributed by atoms with van der Waals surface area (Å²) in [4.78, 5) is 25.6. The van der Waals surface area contributed by atoms with E-state index < -0.39 is 72.7 Å². The predicted octanol–water partition coefficient (Wildman–Crippen LogP) is 4.16. The van der Waals surface area contributed by atoms with E-state index in [0.717, 1.165) is 12.0 Å². The highest BCUT2D eigenvalue weighted by Crippen LogP contribution is 2.44. The van der Waals surface area contributed by atoms with E-state index in [1.54, 1.807) is 38.3 Å². The molecule has 5 rings (SSSR count). The minimum atomic E-state index is -1.90. The number of hydrogen-bond donors (Lipinski definition) is 2. The van der Waals surface area contributed by atoms with Crippen LogP contribution >= 0.6 is 11.6 Å². The third-order valence-corrected chi connectivity index (χ3v) is 10.4. The van der Waals surface area contributed by atoms with E-state index in [9.17, 15) is 14.7 Å². The molecule has 4 heterocycles. The molecular weight excluding hydrogens is 630 g/mol. The van der Waals surface area contributed by atoms with Crippen molar-refractivity contribution in [1.82, 2.24) is 5.32 Å². The van der Waals surface area contributed by atoms with Crippen molar-refractivity contribution in [2.45, 2.75) is 126 Å². The van der Waals surface area contributed by atoms with Gasteiger partial charge < -0.3 is 43.6 Å². The zero-order valence-corrected chi connectivity index (χ0v) is 28.9. The van der Waals surface area contributed by atoms with Gasteiger partial charge in [0.15, 0.2) is 17.7 Å². The van der Waals surface area contributed by atoms with Gasteiger partial charge in [0.1, 0.15) is 18.2 Å². The standard InChI is InChI=1S/C35H48ClNO10/c1-19-14-24(13-11-9-8-10-12-23-16-25(23)36)44-28(38)18-35(40)17-27(21(3)29(46-35)20(2)26(15-19)41-6)45-32-31(42-7)34(5)30(22(4)43-32)37-33(39)47-34/h8-9,11,13,15,20-27,29-32,40H,14,16-18H2,1-7H3,(H,37,39)/b9-8+,13-11+,19-15+/t20-,21-,22+,23+,24+,25+,26-,27+,29-,30-,31+,32+,34-,35+/m1/s1. The van der Waals surface area contributed by atoms with Crippen LogP contribution in [0.2, 0.25) is 0 Å². The summed E-state index contributed by atoms with van der Waals surface area (Å²) in [5.74, 6) is 3.34. The largest absolute Gasteiger partial charge is 0.458 e. The maximum absolute atomic E-state index is 13.4. The number of nitrogens with one attached hydrogen (secondary N) is 1. The van der Waals surface area contributed by atoms with Gasteiger partial charge in [0.25, 0.3) is 0 Å². The van der Waals surface area contributed by atoms with Gasteiger partial charge in [-0.2, -0.15) is 0 Å². The Bertz CT molecular complexity index is 1320. The number of rotatable bonds is 6. The van der Waals surface area contributed by atoms with Crippen molar-refractivity contribution in [3.8, 4) is 11.8 Å². The Morgan fingerprint density at radius 2 is 1.89 bits per heavy atom. The Morgan fingerprint density at radius 1 is 1.15 bits per heavy atom. The number of alkyl carbamates (subject to hydrolysis) is 1. The Morgan fingerprint density at radius 3 is 2.57 bits per heavy atom. The van der Waals surface area contributed by atoms with Crippen molar-refractivity contribution in [1.29, 1.82) is 0 Å². The number of ether oxygens (including phenoxy) is 7. The number of methoxy groups -OCH3 is 2. The van der Waals surface area contributed by atoms with Gasteiger partial charge in [0.2, 0.25) is 0 Å². The van der Waals surface area contributed by atoms with Crippen LogP contribution in [0.4, 0.5) is 4.79 Å². The summed E-state index contributed by atoms with van der Waals surface area (Å²) < 4.78 is 42.5. The first kappa shape index (κ1) is 35.9. The number of amides is 1. The van der Waals surface area contributed by atoms with Crippen LogP contribution in [-0.2, 0) is 38.0 Å². The monoisotopic (exact) mass is 677 g/mol. The van der Waals surface area contributed by atoms with E-state index in [0.29, 0.717) is 6.42 Å². The number of allylic oxidation sites excluding steroid dienone is 3. The highest BCUT2D eigenvalue weighted by Gasteiger charge is 2.61. The fourth-order valence-corrected chi connectivity index (χ4v) is 7.51. The van der Waals surface area contributed by atoms with Crippen LogP contribution in [0.25, 0.3) is 0 Å². The molecule has 4 aliphatic heterocycles. The number of carbonyl (C=O) groups excluding carboxylic acids is 2. The third-order valence-electron chi connectivity index (χ3n) is 9.96. The van der Waals surface area contributed by atoms with Gasteiger partial charge in [-0.15, -0.1) is 11.6 Å². The van der Waals surface area contributed by atoms with E-state index in [2.05, 4.69) is 17.2 Å². The molecule has 47 heavy (non-hydrogen) atoms. The van der Waals surface area contributed by atoms with E-state index in [-0.39, 0.29) is 35.7 Å². The number of hydrogen-bond acceptors (Lipinski definition) is 10. The summed E-state index contributed by atoms with van der Waals surface area (Å²) in [5, 5.41) is 14.8. The molecule has 0 spiro atoms. The Labute approximate surface area is 282 Å². The van der Waals surface area contributed by atoms with Crippen LogP contribution < -0.4 is 5.32 Å². The molecule has 1 saturated carbocycles. The molecule has 14 atom stereocenters. The Balaban J connectivity index is 1.37. The second-order valence-electron chi connectivity index (χ2n) is 13.7. The summed E-state index contributed by atoms with van der Waals surface area (Å²) in [6.45, 7) is 9.57. The van der Waals surface area contributed by atoms with Gasteiger partial charge in [-0.05, 0) is 39.3 Å². The van der Waals surface area contributed by atoms with Crippen molar-refractivity contribution in [3.63, 3.8) is 0 Å². The molecule has 260 valence electrons. The lowest BCUT2D eigenvalue weighted by atomic mass is 9.79. The lowest BCUT2D eigenvalue weighted by Crippen LogP contribution is -2.67. The van der Waals surface area contributed by atoms with E-state index in [4.69, 9.17) is 44.8 Å². The fourth-order valence-electron chi connectivity index (χ4n) is 7.26. The van der Waals surface area contributed by atoms with Gasteiger partial charge in [-0.25, -0.2) is 4.79 Å². The average molecular weight is 678 g/mol. The van der Waals surface area contributed by atoms with Gasteiger partial charge in [0.05, 0.1) is 30.8 Å². The number of halogens is 1. The molecule has 5 aliphatic rings. The fraction of sp³-hybridized carbons (Fsp3) is 0.714. The number of fused-ring (bicyclic) bond motifs is 3. The molecule has 0 radical (unpaired) electrons. The maximum Gasteiger partial charge on any atom is 0.408 e. The summed E-state index contributed by atoms with van der Waals surface area (Å²) in [5.41, 5.74) is -0.0797. The lowest BCUT2D eigenvalue weighted by Gasteiger charge is -2.51. The molecule has 1 amide bonds. The third kappa shape index (κ3) is 8.07. The minimum Gasteiger partial charge on any atom is -0.458 e. The molecule has 4 fully saturated rings. The smallest absolute Gasteiger partial charge is 0.408 e. The van der Waals surface area contributed by atoms with Crippen LogP contribution in [0.15, 0.2) is 36.0 Å². The molecule has 1 aliphatic carbocycles. The number of esters is 1. The van der Waals surface area contributed by atoms with Gasteiger partial charge in [-0.3, -0.25) is 4.79 Å². The van der Waals surface area contributed by atoms with Crippen molar-refractivity contribution >= 4 is 23.7 Å². The zero-order chi connectivity index (χ0) is 34.1. The number of aliphatic hydroxyl groups is 1. The van der Waals surface area contributed by atoms with Crippen LogP contribution in [0.1, 0.15) is 60.3 Å². The zero-order valence-electron chi connectivity index (χ0n) is 28.1. The van der Waals surface area contributed by atoms with E-state index in [1.807, 2.05) is 33.8 Å². The van der Waals surface area contributed by atoms with Crippen molar-refractivity contribution in [2.75, 3.05) is 14.2 Å². The van der Waals surface area contributed by atoms with Gasteiger partial charge in [0, 0.05) is 50.2 Å². The first-order valence-corrected chi connectivity index (χ1v) is 16.8. The highest BCUT2D eigenvalue weighted by molar-refractivity contribution is 6.22. The van der Waals surface area contributed by atoms with Crippen molar-refractivity contribution < 1.29 is 47.9 Å². The number of cyclic esters (lactones) is 1. The Kier molecular flexibility index (Phi) is 11.1. The summed E-state index contributed by atoms with van der Waals surface area (Å²) in [6, 6.07) is -0.443. The van der Waals surface area contributed by atoms with Crippen LogP contribution in [0, 0.1) is 29.6 Å². The molecule has 0 aromatic heterocycles. The molecule has 12 heteroatoms. The quantitative estimate of drug-likeness (QED) is 0.139. The first-order valence-electron chi connectivity index (χ1n) is 16.4. The van der Waals surface area contributed by atoms with Gasteiger partial charge >= 0.3 is 12.1 Å². The first-order chi connectivity index (χ1) is 22.3. The lowest BCUT2D eigenvalue weighted by molar-refractivity contribution is -0.348. The normalized spacial score (nSPS) is 46.5. The molecule has 11 nitrogen and oxygen atoms in total. The minimum absolute atomic E-state index is 0.0338. The van der Waals surface area contributed by atoms with Crippen LogP contribution in [-0.4, -0.2) is 97.1 Å². The topological polar surface area (TPSA) is 131 Å². The van der Waals surface area contributed by atoms with Crippen LogP contribution in [0.3, 0.4) is 0 Å². The highest BCUT2D eigenvalue weighted by atomic mass is 35.5. The SMILES string of the molecule is CO[C@@H]1/C=C(\C)C[C@H](/C=C/C=C/C#C[C@H]2C[C@@H]2Cl)OC(=O)C[C@]2(O)C[C@H](O[C@@H]3O[C@@H](C)[C@H]4NC(=O)O[C@@]4(C)[C@H]3OC)[C@@H](C)[C@H](O2)[C@@H]1C. The summed E-state index contributed by atoms with van der Waals surface area (Å²) in [6.07, 6.45) is 5.17. The van der Waals surface area contributed by atoms with E-state index in [1.165, 1.54) is 7.11 Å². The maximum atomic E-state index is 13.4. The molecular formula is C35H48ClNO10. The van der Waals surface area contributed by atoms with Crippen LogP contribution in [0.5, 0.6) is 0 Å². The summed E-state index contributed by atoms with van der Waals surface area (Å²) >= 11 is 6.01. The molecule has 0 aromatic carbocycles. The van der Waals surface area contributed by atoms with E-state index >= 15 is 0 Å². The molecule has 0 aromatic rings. The number of alkyl halides is 1. The Hall–Kier alpha value is -2.43. The second kappa shape index (κ2) is 14.6. The molecule has 2 bridgehead atoms. The summed E-state index contributed by atoms with van der Waals surface area (Å²) in [7, 11) is 3.14. The average Bonchev–Trinajstić information content (AvgIpc) is 3.60.